The van der Waals surface area contributed by atoms with Crippen LogP contribution in [0.5, 0.6) is 0 Å². The lowest BCUT2D eigenvalue weighted by atomic mass is 9.63. The smallest absolute Gasteiger partial charge is 0.127 e. The largest absolute Gasteiger partial charge is 0.314 e. The molecule has 0 rings (SSSR count). The summed E-state index contributed by atoms with van der Waals surface area (Å²) in [6.45, 7) is 12.2. The third kappa shape index (κ3) is 7.28. The van der Waals surface area contributed by atoms with E-state index in [9.17, 15) is 0 Å². The van der Waals surface area contributed by atoms with Gasteiger partial charge in [-0.3, -0.25) is 0 Å². The summed E-state index contributed by atoms with van der Waals surface area (Å²) in [6.07, 6.45) is 1.54. The van der Waals surface area contributed by atoms with Crippen LogP contribution in [0.15, 0.2) is 0 Å². The zero-order chi connectivity index (χ0) is 15.5. The van der Waals surface area contributed by atoms with E-state index in [1.54, 1.807) is 0 Å². The molecule has 0 fully saturated rings. The topological polar surface area (TPSA) is 59.6 Å². The summed E-state index contributed by atoms with van der Waals surface area (Å²) in [6, 6.07) is 4.70. The normalized spacial score (nSPS) is 18.7. The van der Waals surface area contributed by atoms with Gasteiger partial charge in [-0.05, 0) is 46.0 Å². The van der Waals surface area contributed by atoms with Crippen molar-refractivity contribution in [2.45, 2.75) is 70.7 Å². The lowest BCUT2D eigenvalue weighted by molar-refractivity contribution is 0.242. The van der Waals surface area contributed by atoms with Gasteiger partial charge in [0.05, 0.1) is 17.6 Å². The minimum atomic E-state index is -0.350. The van der Waals surface area contributed by atoms with Crippen LogP contribution in [0, 0.1) is 28.1 Å². The maximum atomic E-state index is 9.16. The lowest BCUT2D eigenvalue weighted by Crippen LogP contribution is -2.56. The number of nitrogens with zero attached hydrogens (tertiary/aromatic N) is 2. The highest BCUT2D eigenvalue weighted by Crippen LogP contribution is 2.33. The van der Waals surface area contributed by atoms with Crippen LogP contribution in [0.1, 0.15) is 54.4 Å². The molecular formula is C14H27B2N3. The fraction of sp³-hybridized carbons (Fsp3) is 0.857. The molecule has 104 valence electrons. The Bertz CT molecular complexity index is 360. The van der Waals surface area contributed by atoms with Gasteiger partial charge < -0.3 is 5.32 Å². The molecule has 1 N–H and O–H groups in total. The quantitative estimate of drug-likeness (QED) is 0.733. The summed E-state index contributed by atoms with van der Waals surface area (Å²) >= 11 is 0. The molecule has 5 heteroatoms. The first-order valence-corrected chi connectivity index (χ1v) is 6.86. The molecule has 0 heterocycles. The summed E-state index contributed by atoms with van der Waals surface area (Å²) in [7, 11) is 4.08. The minimum absolute atomic E-state index is 0.145. The number of rotatable bonds is 6. The Morgan fingerprint density at radius 1 is 0.895 bits per heavy atom. The van der Waals surface area contributed by atoms with Gasteiger partial charge in [-0.25, -0.2) is 0 Å². The second-order valence-corrected chi connectivity index (χ2v) is 8.24. The van der Waals surface area contributed by atoms with Gasteiger partial charge in [0.15, 0.2) is 0 Å². The summed E-state index contributed by atoms with van der Waals surface area (Å²) in [5.74, 6) is 0. The van der Waals surface area contributed by atoms with E-state index in [1.165, 1.54) is 0 Å². The Hall–Kier alpha value is -0.930. The van der Waals surface area contributed by atoms with Crippen molar-refractivity contribution >= 4 is 15.7 Å². The van der Waals surface area contributed by atoms with Gasteiger partial charge >= 0.3 is 0 Å². The van der Waals surface area contributed by atoms with Gasteiger partial charge in [0.1, 0.15) is 15.7 Å². The van der Waals surface area contributed by atoms with Crippen LogP contribution in [0.25, 0.3) is 0 Å². The average Bonchev–Trinajstić information content (AvgIpc) is 2.12. The van der Waals surface area contributed by atoms with Gasteiger partial charge in [0, 0.05) is 10.9 Å². The van der Waals surface area contributed by atoms with Crippen molar-refractivity contribution in [1.29, 1.82) is 10.5 Å². The Morgan fingerprint density at radius 3 is 1.74 bits per heavy atom. The van der Waals surface area contributed by atoms with E-state index in [1.807, 2.05) is 28.6 Å². The van der Waals surface area contributed by atoms with Crippen LogP contribution in [-0.2, 0) is 0 Å². The van der Waals surface area contributed by atoms with Crippen LogP contribution in [0.4, 0.5) is 0 Å². The fourth-order valence-corrected chi connectivity index (χ4v) is 3.29. The standard InChI is InChI=1S/C14H27B2N3/c1-11(2,9-17)7-14(6,16)19-12(3,4)8-13(5,15)10-18/h19H,7-8,15-16H2,1-6H3. The monoisotopic (exact) mass is 259 g/mol. The molecule has 0 aromatic heterocycles. The molecule has 0 saturated carbocycles. The lowest BCUT2D eigenvalue weighted by Gasteiger charge is -2.42. The van der Waals surface area contributed by atoms with E-state index in [0.29, 0.717) is 0 Å². The molecule has 0 spiro atoms. The number of nitrogens with one attached hydrogen (secondary N) is 1. The number of hydrogen-bond donors (Lipinski definition) is 1. The van der Waals surface area contributed by atoms with Crippen molar-refractivity contribution < 1.29 is 0 Å². The Balaban J connectivity index is 4.84. The first-order valence-electron chi connectivity index (χ1n) is 6.86. The second kappa shape index (κ2) is 5.59. The SMILES string of the molecule is BC(C)(C#N)CC(C)(C)NC(B)(C)CC(C)(C)C#N. The fourth-order valence-electron chi connectivity index (χ4n) is 3.29. The van der Waals surface area contributed by atoms with Gasteiger partial charge in [-0.1, -0.05) is 13.8 Å². The maximum absolute atomic E-state index is 9.16. The van der Waals surface area contributed by atoms with Crippen molar-refractivity contribution in [3.05, 3.63) is 0 Å². The molecule has 3 nitrogen and oxygen atoms in total. The van der Waals surface area contributed by atoms with Crippen LogP contribution >= 0.6 is 0 Å². The van der Waals surface area contributed by atoms with Crippen molar-refractivity contribution in [3.63, 3.8) is 0 Å². The molecule has 0 aromatic carbocycles. The molecule has 0 aliphatic rings. The van der Waals surface area contributed by atoms with Crippen LogP contribution in [-0.4, -0.2) is 26.7 Å². The maximum Gasteiger partial charge on any atom is 0.127 e. The molecule has 2 unspecified atom stereocenters. The van der Waals surface area contributed by atoms with Crippen molar-refractivity contribution in [2.75, 3.05) is 0 Å². The molecule has 0 bridgehead atoms. The van der Waals surface area contributed by atoms with Crippen LogP contribution in [0.3, 0.4) is 0 Å². The molecule has 0 saturated heterocycles. The third-order valence-corrected chi connectivity index (χ3v) is 3.05. The van der Waals surface area contributed by atoms with Crippen LogP contribution < -0.4 is 5.32 Å². The summed E-state index contributed by atoms with van der Waals surface area (Å²) < 4.78 is 0. The van der Waals surface area contributed by atoms with Crippen molar-refractivity contribution in [3.8, 4) is 12.1 Å². The van der Waals surface area contributed by atoms with E-state index < -0.39 is 0 Å². The molecule has 0 amide bonds. The molecule has 19 heavy (non-hydrogen) atoms. The van der Waals surface area contributed by atoms with E-state index in [2.05, 4.69) is 46.1 Å². The molecule has 0 aliphatic carbocycles. The average molecular weight is 259 g/mol. The third-order valence-electron chi connectivity index (χ3n) is 3.05. The Labute approximate surface area is 120 Å². The highest BCUT2D eigenvalue weighted by Gasteiger charge is 2.35. The van der Waals surface area contributed by atoms with Gasteiger partial charge in [0.25, 0.3) is 0 Å². The summed E-state index contributed by atoms with van der Waals surface area (Å²) in [5, 5.41) is 21.6. The van der Waals surface area contributed by atoms with Gasteiger partial charge in [-0.15, -0.1) is 0 Å². The molecule has 0 aliphatic heterocycles. The Morgan fingerprint density at radius 2 is 1.37 bits per heavy atom. The van der Waals surface area contributed by atoms with Crippen LogP contribution in [0.2, 0.25) is 5.31 Å². The first kappa shape index (κ1) is 18.1. The summed E-state index contributed by atoms with van der Waals surface area (Å²) in [4.78, 5) is 0. The first-order chi connectivity index (χ1) is 8.24. The second-order valence-electron chi connectivity index (χ2n) is 8.24. The predicted molar refractivity (Wildman–Crippen MR) is 85.3 cm³/mol. The molecule has 0 aromatic rings. The van der Waals surface area contributed by atoms with E-state index in [-0.39, 0.29) is 21.7 Å². The molecular weight excluding hydrogens is 232 g/mol. The number of nitriles is 2. The van der Waals surface area contributed by atoms with Crippen molar-refractivity contribution in [2.24, 2.45) is 5.41 Å². The van der Waals surface area contributed by atoms with Gasteiger partial charge in [0.2, 0.25) is 0 Å². The highest BCUT2D eigenvalue weighted by molar-refractivity contribution is 6.17. The Kier molecular flexibility index (Phi) is 5.32. The zero-order valence-electron chi connectivity index (χ0n) is 13.8. The molecule has 2 atom stereocenters. The zero-order valence-corrected chi connectivity index (χ0v) is 13.8. The minimum Gasteiger partial charge on any atom is -0.314 e. The van der Waals surface area contributed by atoms with E-state index in [4.69, 9.17) is 10.5 Å². The van der Waals surface area contributed by atoms with Crippen molar-refractivity contribution in [1.82, 2.24) is 5.32 Å². The van der Waals surface area contributed by atoms with E-state index in [0.717, 1.165) is 12.8 Å². The van der Waals surface area contributed by atoms with E-state index >= 15 is 0 Å². The van der Waals surface area contributed by atoms with Gasteiger partial charge in [-0.2, -0.15) is 10.5 Å². The predicted octanol–water partition coefficient (Wildman–Crippen LogP) is 1.37. The molecule has 0 radical (unpaired) electrons. The highest BCUT2D eigenvalue weighted by atomic mass is 15.0. The summed E-state index contributed by atoms with van der Waals surface area (Å²) in [5.41, 5.74) is -0.639. The number of hydrogen-bond acceptors (Lipinski definition) is 3.